The molecule has 2 heterocycles. The molecule has 126 valence electrons. The molecule has 1 aliphatic rings. The predicted octanol–water partition coefficient (Wildman–Crippen LogP) is 1.49. The fraction of sp³-hybridized carbons (Fsp3) is 0.312. The van der Waals surface area contributed by atoms with Gasteiger partial charge in [-0.1, -0.05) is 30.3 Å². The minimum atomic E-state index is -0.661. The molecular formula is C16H18ClN5O2. The molecule has 0 unspecified atom stereocenters. The molecule has 0 saturated heterocycles. The number of hydrogen-bond acceptors (Lipinski definition) is 5. The Kier molecular flexibility index (Phi) is 4.55. The van der Waals surface area contributed by atoms with E-state index in [1.54, 1.807) is 16.8 Å². The molecule has 24 heavy (non-hydrogen) atoms. The molecule has 2 aromatic rings. The zero-order valence-corrected chi connectivity index (χ0v) is 13.7. The molecule has 1 aromatic carbocycles. The van der Waals surface area contributed by atoms with Crippen molar-refractivity contribution in [2.75, 3.05) is 11.9 Å². The smallest absolute Gasteiger partial charge is 0.229 e. The third kappa shape index (κ3) is 3.00. The van der Waals surface area contributed by atoms with Gasteiger partial charge in [0, 0.05) is 23.7 Å². The van der Waals surface area contributed by atoms with E-state index in [2.05, 4.69) is 22.0 Å². The first kappa shape index (κ1) is 16.5. The van der Waals surface area contributed by atoms with Crippen LogP contribution in [0.1, 0.15) is 23.9 Å². The van der Waals surface area contributed by atoms with Gasteiger partial charge in [-0.05, 0) is 24.1 Å². The largest absolute Gasteiger partial charge is 0.396 e. The van der Waals surface area contributed by atoms with Crippen molar-refractivity contribution in [2.24, 2.45) is 11.7 Å². The quantitative estimate of drug-likeness (QED) is 0.759. The number of hydrogen-bond donors (Lipinski definition) is 3. The topological polar surface area (TPSA) is 106 Å². The van der Waals surface area contributed by atoms with E-state index in [0.717, 1.165) is 5.56 Å². The Morgan fingerprint density at radius 1 is 1.42 bits per heavy atom. The summed E-state index contributed by atoms with van der Waals surface area (Å²) in [6.45, 7) is 3.99. The van der Waals surface area contributed by atoms with Gasteiger partial charge in [-0.15, -0.1) is 0 Å². The summed E-state index contributed by atoms with van der Waals surface area (Å²) in [6, 6.07) is 6.73. The number of aryl methyl sites for hydroxylation is 1. The van der Waals surface area contributed by atoms with Crippen LogP contribution in [0.25, 0.3) is 0 Å². The molecule has 1 aliphatic heterocycles. The monoisotopic (exact) mass is 347 g/mol. The van der Waals surface area contributed by atoms with Crippen molar-refractivity contribution in [3.05, 3.63) is 53.0 Å². The molecule has 7 nitrogen and oxygen atoms in total. The van der Waals surface area contributed by atoms with Crippen LogP contribution in [-0.2, 0) is 11.2 Å². The fourth-order valence-electron chi connectivity index (χ4n) is 2.86. The van der Waals surface area contributed by atoms with Gasteiger partial charge in [0.2, 0.25) is 11.9 Å². The number of nitrogens with zero attached hydrogens (tertiary/aromatic N) is 3. The van der Waals surface area contributed by atoms with Crippen molar-refractivity contribution in [1.82, 2.24) is 14.8 Å². The maximum absolute atomic E-state index is 12.0. The van der Waals surface area contributed by atoms with Crippen molar-refractivity contribution in [3.63, 3.8) is 0 Å². The Labute approximate surface area is 144 Å². The summed E-state index contributed by atoms with van der Waals surface area (Å²) in [6.07, 6.45) is 1.11. The lowest BCUT2D eigenvalue weighted by Crippen LogP contribution is -2.40. The highest BCUT2D eigenvalue weighted by molar-refractivity contribution is 6.30. The van der Waals surface area contributed by atoms with Gasteiger partial charge in [0.25, 0.3) is 0 Å². The summed E-state index contributed by atoms with van der Waals surface area (Å²) in [4.78, 5) is 16.4. The first-order valence-corrected chi connectivity index (χ1v) is 7.96. The van der Waals surface area contributed by atoms with Crippen molar-refractivity contribution < 1.29 is 9.90 Å². The highest BCUT2D eigenvalue weighted by atomic mass is 35.5. The molecule has 0 spiro atoms. The van der Waals surface area contributed by atoms with Crippen LogP contribution in [0.2, 0.25) is 5.02 Å². The summed E-state index contributed by atoms with van der Waals surface area (Å²) in [5.74, 6) is -0.0644. The molecule has 8 heteroatoms. The number of nitrogens with one attached hydrogen (secondary N) is 1. The third-order valence-electron chi connectivity index (χ3n) is 3.98. The van der Waals surface area contributed by atoms with Crippen LogP contribution in [0.15, 0.2) is 36.5 Å². The number of aliphatic hydroxyl groups excluding tert-OH is 1. The lowest BCUT2D eigenvalue weighted by molar-refractivity contribution is -0.121. The van der Waals surface area contributed by atoms with E-state index in [1.165, 1.54) is 0 Å². The summed E-state index contributed by atoms with van der Waals surface area (Å²) >= 11 is 5.96. The lowest BCUT2D eigenvalue weighted by atomic mass is 9.89. The summed E-state index contributed by atoms with van der Waals surface area (Å²) in [5.41, 5.74) is 6.92. The number of carbonyl (C=O) groups is 1. The molecule has 1 amide bonds. The first-order valence-electron chi connectivity index (χ1n) is 7.58. The molecule has 0 bridgehead atoms. The van der Waals surface area contributed by atoms with Crippen molar-refractivity contribution in [1.29, 1.82) is 0 Å². The van der Waals surface area contributed by atoms with Gasteiger partial charge in [0.1, 0.15) is 5.92 Å². The van der Waals surface area contributed by atoms with Crippen molar-refractivity contribution >= 4 is 23.5 Å². The van der Waals surface area contributed by atoms with Crippen LogP contribution in [0, 0.1) is 5.92 Å². The van der Waals surface area contributed by atoms with Gasteiger partial charge in [-0.2, -0.15) is 10.1 Å². The molecule has 1 aromatic heterocycles. The van der Waals surface area contributed by atoms with Crippen LogP contribution < -0.4 is 11.1 Å². The Morgan fingerprint density at radius 2 is 2.12 bits per heavy atom. The number of aliphatic hydroxyl groups is 1. The minimum Gasteiger partial charge on any atom is -0.396 e. The van der Waals surface area contributed by atoms with Gasteiger partial charge in [0.05, 0.1) is 6.04 Å². The number of nitrogens with two attached hydrogens (primary N) is 1. The molecular weight excluding hydrogens is 330 g/mol. The fourth-order valence-corrected chi connectivity index (χ4v) is 2.99. The van der Waals surface area contributed by atoms with E-state index in [4.69, 9.17) is 22.4 Å². The average molecular weight is 348 g/mol. The molecule has 4 N–H and O–H groups in total. The highest BCUT2D eigenvalue weighted by Crippen LogP contribution is 2.37. The van der Waals surface area contributed by atoms with Gasteiger partial charge in [-0.25, -0.2) is 4.68 Å². The SMILES string of the molecule is C=C1Nc2nc(CCCO)nn2[C@@H](c2ccc(Cl)cc2)[C@@H]1C(N)=O. The Hall–Kier alpha value is -2.38. The lowest BCUT2D eigenvalue weighted by Gasteiger charge is -2.32. The van der Waals surface area contributed by atoms with Gasteiger partial charge in [-0.3, -0.25) is 4.79 Å². The molecule has 3 rings (SSSR count). The predicted molar refractivity (Wildman–Crippen MR) is 90.5 cm³/mol. The average Bonchev–Trinajstić information content (AvgIpc) is 2.94. The van der Waals surface area contributed by atoms with Gasteiger partial charge < -0.3 is 16.2 Å². The zero-order valence-electron chi connectivity index (χ0n) is 12.9. The normalized spacial score (nSPS) is 19.7. The molecule has 0 saturated carbocycles. The number of rotatable bonds is 5. The van der Waals surface area contributed by atoms with Crippen LogP contribution in [0.5, 0.6) is 0 Å². The standard InChI is InChI=1S/C16H18ClN5O2/c1-9-13(15(18)24)14(10-4-6-11(17)7-5-10)22-16(19-9)20-12(21-22)3-2-8-23/h4-7,13-14,23H,1-3,8H2,(H2,18,24)(H,19,20,21)/t13-,14+/m1/s1. The van der Waals surface area contributed by atoms with E-state index in [1.807, 2.05) is 12.1 Å². The molecule has 0 fully saturated rings. The number of aromatic nitrogens is 3. The zero-order chi connectivity index (χ0) is 17.3. The number of anilines is 1. The summed E-state index contributed by atoms with van der Waals surface area (Å²) in [7, 11) is 0. The maximum atomic E-state index is 12.0. The van der Waals surface area contributed by atoms with Crippen molar-refractivity contribution in [3.8, 4) is 0 Å². The number of carbonyl (C=O) groups excluding carboxylic acids is 1. The van der Waals surface area contributed by atoms with Gasteiger partial charge >= 0.3 is 0 Å². The molecule has 0 radical (unpaired) electrons. The number of fused-ring (bicyclic) bond motifs is 1. The van der Waals surface area contributed by atoms with Crippen LogP contribution >= 0.6 is 11.6 Å². The maximum Gasteiger partial charge on any atom is 0.229 e. The second kappa shape index (κ2) is 6.62. The number of benzene rings is 1. The van der Waals surface area contributed by atoms with E-state index in [0.29, 0.717) is 35.3 Å². The van der Waals surface area contributed by atoms with E-state index in [9.17, 15) is 4.79 Å². The second-order valence-corrected chi connectivity index (χ2v) is 6.09. The van der Waals surface area contributed by atoms with Crippen molar-refractivity contribution in [2.45, 2.75) is 18.9 Å². The number of halogens is 1. The third-order valence-corrected chi connectivity index (χ3v) is 4.23. The Morgan fingerprint density at radius 3 is 2.75 bits per heavy atom. The first-order chi connectivity index (χ1) is 11.5. The van der Waals surface area contributed by atoms with Crippen LogP contribution in [-0.4, -0.2) is 32.4 Å². The minimum absolute atomic E-state index is 0.0640. The Bertz CT molecular complexity index is 771. The summed E-state index contributed by atoms with van der Waals surface area (Å²) < 4.78 is 1.65. The number of primary amides is 1. The second-order valence-electron chi connectivity index (χ2n) is 5.65. The molecule has 0 aliphatic carbocycles. The van der Waals surface area contributed by atoms with E-state index in [-0.39, 0.29) is 6.61 Å². The van der Waals surface area contributed by atoms with Crippen LogP contribution in [0.4, 0.5) is 5.95 Å². The number of amides is 1. The van der Waals surface area contributed by atoms with Gasteiger partial charge in [0.15, 0.2) is 5.82 Å². The van der Waals surface area contributed by atoms with E-state index < -0.39 is 17.9 Å². The van der Waals surface area contributed by atoms with E-state index >= 15 is 0 Å². The summed E-state index contributed by atoms with van der Waals surface area (Å²) in [5, 5.41) is 17.1. The van der Waals surface area contributed by atoms with Crippen LogP contribution in [0.3, 0.4) is 0 Å². The Balaban J connectivity index is 2.07. The molecule has 2 atom stereocenters. The highest BCUT2D eigenvalue weighted by Gasteiger charge is 2.38.